The van der Waals surface area contributed by atoms with Gasteiger partial charge >= 0.3 is 6.03 Å². The van der Waals surface area contributed by atoms with Crippen LogP contribution in [0.3, 0.4) is 0 Å². The highest BCUT2D eigenvalue weighted by Gasteiger charge is 2.38. The molecule has 2 aromatic rings. The van der Waals surface area contributed by atoms with Crippen LogP contribution in [0.2, 0.25) is 0 Å². The van der Waals surface area contributed by atoms with E-state index in [9.17, 15) is 14.4 Å². The van der Waals surface area contributed by atoms with Gasteiger partial charge in [0, 0.05) is 12.5 Å². The number of hydrogen-bond donors (Lipinski definition) is 2. The minimum atomic E-state index is -0.673. The molecule has 2 heterocycles. The van der Waals surface area contributed by atoms with Crippen molar-refractivity contribution >= 4 is 17.8 Å². The summed E-state index contributed by atoms with van der Waals surface area (Å²) in [5.74, 6) is 0.0903. The van der Waals surface area contributed by atoms with Crippen LogP contribution in [0.15, 0.2) is 53.1 Å². The maximum absolute atomic E-state index is 12.4. The summed E-state index contributed by atoms with van der Waals surface area (Å²) < 4.78 is 5.19. The molecule has 1 aliphatic heterocycles. The quantitative estimate of drug-likeness (QED) is 0.651. The Kier molecular flexibility index (Phi) is 6.47. The van der Waals surface area contributed by atoms with Crippen LogP contribution in [0, 0.1) is 0 Å². The first-order chi connectivity index (χ1) is 13.5. The van der Waals surface area contributed by atoms with E-state index >= 15 is 0 Å². The lowest BCUT2D eigenvalue weighted by Gasteiger charge is -2.15. The predicted octanol–water partition coefficient (Wildman–Crippen LogP) is 2.62. The molecule has 28 heavy (non-hydrogen) atoms. The van der Waals surface area contributed by atoms with Gasteiger partial charge in [-0.1, -0.05) is 30.3 Å². The Hall–Kier alpha value is -3.09. The van der Waals surface area contributed by atoms with E-state index in [-0.39, 0.29) is 37.2 Å². The number of amides is 4. The van der Waals surface area contributed by atoms with Crippen molar-refractivity contribution < 1.29 is 18.8 Å². The highest BCUT2D eigenvalue weighted by molar-refractivity contribution is 6.04. The Morgan fingerprint density at radius 2 is 2.00 bits per heavy atom. The van der Waals surface area contributed by atoms with Crippen LogP contribution in [0.4, 0.5) is 4.79 Å². The molecule has 0 saturated carbocycles. The molecule has 148 valence electrons. The topological polar surface area (TPSA) is 91.7 Å². The van der Waals surface area contributed by atoms with Crippen molar-refractivity contribution in [3.63, 3.8) is 0 Å². The van der Waals surface area contributed by atoms with E-state index in [1.54, 1.807) is 12.1 Å². The van der Waals surface area contributed by atoms with E-state index in [4.69, 9.17) is 4.42 Å². The Morgan fingerprint density at radius 1 is 1.21 bits per heavy atom. The zero-order chi connectivity index (χ0) is 19.9. The number of rotatable bonds is 9. The summed E-state index contributed by atoms with van der Waals surface area (Å²) >= 11 is 0. The van der Waals surface area contributed by atoms with Gasteiger partial charge in [0.1, 0.15) is 11.8 Å². The van der Waals surface area contributed by atoms with Crippen molar-refractivity contribution in [2.75, 3.05) is 0 Å². The molecule has 2 N–H and O–H groups in total. The van der Waals surface area contributed by atoms with Crippen molar-refractivity contribution in [1.29, 1.82) is 0 Å². The molecular weight excluding hydrogens is 358 g/mol. The van der Waals surface area contributed by atoms with Crippen LogP contribution >= 0.6 is 0 Å². The summed E-state index contributed by atoms with van der Waals surface area (Å²) in [6.07, 6.45) is 3.68. The third-order valence-electron chi connectivity index (χ3n) is 4.78. The minimum Gasteiger partial charge on any atom is -0.467 e. The number of nitrogens with zero attached hydrogens (tertiary/aromatic N) is 1. The van der Waals surface area contributed by atoms with Gasteiger partial charge in [0.05, 0.1) is 12.8 Å². The minimum absolute atomic E-state index is 0.0389. The summed E-state index contributed by atoms with van der Waals surface area (Å²) in [4.78, 5) is 37.7. The van der Waals surface area contributed by atoms with Gasteiger partial charge in [-0.05, 0) is 43.9 Å². The Labute approximate surface area is 164 Å². The molecule has 4 amide bonds. The number of urea groups is 1. The maximum Gasteiger partial charge on any atom is 0.325 e. The van der Waals surface area contributed by atoms with Gasteiger partial charge in [0.15, 0.2) is 0 Å². The van der Waals surface area contributed by atoms with Gasteiger partial charge in [-0.25, -0.2) is 4.79 Å². The number of imide groups is 1. The first kappa shape index (κ1) is 19.7. The van der Waals surface area contributed by atoms with Crippen molar-refractivity contribution in [3.8, 4) is 0 Å². The largest absolute Gasteiger partial charge is 0.467 e. The summed E-state index contributed by atoms with van der Waals surface area (Å²) in [5, 5.41) is 5.59. The van der Waals surface area contributed by atoms with Crippen molar-refractivity contribution in [2.24, 2.45) is 0 Å². The molecule has 1 saturated heterocycles. The zero-order valence-electron chi connectivity index (χ0n) is 15.9. The van der Waals surface area contributed by atoms with E-state index in [1.807, 2.05) is 25.1 Å². The van der Waals surface area contributed by atoms with Crippen molar-refractivity contribution in [3.05, 3.63) is 60.1 Å². The second kappa shape index (κ2) is 9.21. The van der Waals surface area contributed by atoms with Crippen LogP contribution in [0.1, 0.15) is 37.5 Å². The third kappa shape index (κ3) is 5.22. The molecular formula is C21H25N3O4. The lowest BCUT2D eigenvalue weighted by molar-refractivity contribution is -0.128. The van der Waals surface area contributed by atoms with E-state index in [0.29, 0.717) is 5.76 Å². The first-order valence-corrected chi connectivity index (χ1v) is 9.50. The fraction of sp³-hybridized carbons (Fsp3) is 0.381. The number of nitrogens with one attached hydrogen (secondary N) is 2. The summed E-state index contributed by atoms with van der Waals surface area (Å²) in [6.45, 7) is 2.06. The molecule has 2 unspecified atom stereocenters. The van der Waals surface area contributed by atoms with Crippen LogP contribution < -0.4 is 10.6 Å². The molecule has 1 aromatic heterocycles. The van der Waals surface area contributed by atoms with Gasteiger partial charge in [0.25, 0.3) is 5.91 Å². The van der Waals surface area contributed by atoms with Gasteiger partial charge in [-0.2, -0.15) is 0 Å². The van der Waals surface area contributed by atoms with Gasteiger partial charge < -0.3 is 15.1 Å². The standard InChI is InChI=1S/C21H25N3O4/c1-15(9-10-16-6-3-2-4-7-16)22-19(25)12-11-18-20(26)24(21(27)23-18)14-17-8-5-13-28-17/h2-8,13,15,18H,9-12,14H2,1H3,(H,22,25)(H,23,27). The zero-order valence-corrected chi connectivity index (χ0v) is 15.9. The molecule has 0 radical (unpaired) electrons. The van der Waals surface area contributed by atoms with Gasteiger partial charge in [-0.15, -0.1) is 0 Å². The second-order valence-electron chi connectivity index (χ2n) is 7.04. The highest BCUT2D eigenvalue weighted by Crippen LogP contribution is 2.15. The number of furan rings is 1. The van der Waals surface area contributed by atoms with E-state index < -0.39 is 12.1 Å². The van der Waals surface area contributed by atoms with E-state index in [1.165, 1.54) is 11.8 Å². The molecule has 3 rings (SSSR count). The average molecular weight is 383 g/mol. The van der Waals surface area contributed by atoms with Crippen molar-refractivity contribution in [2.45, 2.75) is 51.2 Å². The molecule has 0 bridgehead atoms. The number of hydrogen-bond acceptors (Lipinski definition) is 4. The number of carbonyl (C=O) groups is 3. The first-order valence-electron chi connectivity index (χ1n) is 9.50. The summed E-state index contributed by atoms with van der Waals surface area (Å²) in [7, 11) is 0. The lowest BCUT2D eigenvalue weighted by Crippen LogP contribution is -2.35. The Balaban J connectivity index is 1.40. The SMILES string of the molecule is CC(CCc1ccccc1)NC(=O)CCC1NC(=O)N(Cc2ccco2)C1=O. The molecule has 7 nitrogen and oxygen atoms in total. The number of carbonyl (C=O) groups excluding carboxylic acids is 3. The predicted molar refractivity (Wildman–Crippen MR) is 103 cm³/mol. The fourth-order valence-corrected chi connectivity index (χ4v) is 3.20. The third-order valence-corrected chi connectivity index (χ3v) is 4.78. The fourth-order valence-electron chi connectivity index (χ4n) is 3.20. The van der Waals surface area contributed by atoms with Crippen LogP contribution in [-0.4, -0.2) is 34.8 Å². The smallest absolute Gasteiger partial charge is 0.325 e. The Bertz CT molecular complexity index is 804. The van der Waals surface area contributed by atoms with Crippen molar-refractivity contribution in [1.82, 2.24) is 15.5 Å². The van der Waals surface area contributed by atoms with Gasteiger partial charge in [-0.3, -0.25) is 14.5 Å². The van der Waals surface area contributed by atoms with Crippen LogP contribution in [-0.2, 0) is 22.6 Å². The monoisotopic (exact) mass is 383 g/mol. The second-order valence-corrected chi connectivity index (χ2v) is 7.04. The van der Waals surface area contributed by atoms with Crippen LogP contribution in [0.25, 0.3) is 0 Å². The van der Waals surface area contributed by atoms with Gasteiger partial charge in [0.2, 0.25) is 5.91 Å². The molecule has 0 aliphatic carbocycles. The van der Waals surface area contributed by atoms with Crippen LogP contribution in [0.5, 0.6) is 0 Å². The number of benzene rings is 1. The molecule has 2 atom stereocenters. The lowest BCUT2D eigenvalue weighted by atomic mass is 10.1. The molecule has 1 aliphatic rings. The van der Waals surface area contributed by atoms with E-state index in [2.05, 4.69) is 22.8 Å². The van der Waals surface area contributed by atoms with E-state index in [0.717, 1.165) is 17.7 Å². The molecule has 7 heteroatoms. The highest BCUT2D eigenvalue weighted by atomic mass is 16.3. The maximum atomic E-state index is 12.4. The average Bonchev–Trinajstić information content (AvgIpc) is 3.29. The normalized spacial score (nSPS) is 17.5. The summed E-state index contributed by atoms with van der Waals surface area (Å²) in [6, 6.07) is 12.4. The number of aryl methyl sites for hydroxylation is 1. The Morgan fingerprint density at radius 3 is 2.71 bits per heavy atom. The summed E-state index contributed by atoms with van der Waals surface area (Å²) in [5.41, 5.74) is 1.24. The molecule has 1 fully saturated rings. The molecule has 1 aromatic carbocycles. The molecule has 0 spiro atoms.